The molecule has 2 aliphatic rings. The van der Waals surface area contributed by atoms with Crippen molar-refractivity contribution < 1.29 is 9.53 Å². The van der Waals surface area contributed by atoms with Gasteiger partial charge in [-0.1, -0.05) is 36.4 Å². The number of aliphatic imine (C=N–C) groups is 1. The van der Waals surface area contributed by atoms with E-state index in [1.807, 2.05) is 30.1 Å². The van der Waals surface area contributed by atoms with E-state index in [2.05, 4.69) is 59.4 Å². The number of anilines is 1. The van der Waals surface area contributed by atoms with Gasteiger partial charge in [-0.2, -0.15) is 0 Å². The van der Waals surface area contributed by atoms with Crippen molar-refractivity contribution in [3.8, 4) is 5.75 Å². The van der Waals surface area contributed by atoms with Gasteiger partial charge in [0.05, 0.1) is 6.54 Å². The predicted octanol–water partition coefficient (Wildman–Crippen LogP) is 3.95. The van der Waals surface area contributed by atoms with Gasteiger partial charge in [0, 0.05) is 44.7 Å². The van der Waals surface area contributed by atoms with Gasteiger partial charge in [-0.05, 0) is 49.9 Å². The third kappa shape index (κ3) is 4.90. The van der Waals surface area contributed by atoms with E-state index in [0.29, 0.717) is 24.8 Å². The normalized spacial score (nSPS) is 19.3. The van der Waals surface area contributed by atoms with Crippen LogP contribution in [0.5, 0.6) is 5.75 Å². The third-order valence-electron chi connectivity index (χ3n) is 6.43. The minimum Gasteiger partial charge on any atom is -0.489 e. The number of carbonyl (C=O) groups excluding carboxylic acids is 1. The number of hydrogen-bond donors (Lipinski definition) is 1. The van der Waals surface area contributed by atoms with E-state index in [0.717, 1.165) is 49.7 Å². The average Bonchev–Trinajstić information content (AvgIpc) is 3.38. The molecular weight excluding hydrogens is 400 g/mol. The highest BCUT2D eigenvalue weighted by Gasteiger charge is 2.32. The summed E-state index contributed by atoms with van der Waals surface area (Å²) in [6.45, 7) is 7.39. The Kier molecular flexibility index (Phi) is 6.98. The molecule has 0 aromatic heterocycles. The minimum atomic E-state index is 0.00247. The first-order valence-corrected chi connectivity index (χ1v) is 11.6. The molecule has 2 aromatic carbocycles. The second kappa shape index (κ2) is 10.1. The number of benzene rings is 2. The lowest BCUT2D eigenvalue weighted by molar-refractivity contribution is -0.127. The Morgan fingerprint density at radius 3 is 2.75 bits per heavy atom. The van der Waals surface area contributed by atoms with Crippen molar-refractivity contribution in [2.45, 2.75) is 45.1 Å². The maximum absolute atomic E-state index is 12.0. The van der Waals surface area contributed by atoms with Crippen LogP contribution in [0.1, 0.15) is 43.2 Å². The van der Waals surface area contributed by atoms with Crippen molar-refractivity contribution in [1.29, 1.82) is 0 Å². The van der Waals surface area contributed by atoms with Crippen LogP contribution in [0.3, 0.4) is 0 Å². The molecule has 1 N–H and O–H groups in total. The molecule has 1 fully saturated rings. The molecule has 4 rings (SSSR count). The van der Waals surface area contributed by atoms with Gasteiger partial charge in [0.15, 0.2) is 5.96 Å². The molecule has 1 amide bonds. The number of likely N-dealkylation sites (tertiary alicyclic amines) is 1. The lowest BCUT2D eigenvalue weighted by Gasteiger charge is -2.25. The Morgan fingerprint density at radius 2 is 2.00 bits per heavy atom. The molecule has 1 saturated heterocycles. The topological polar surface area (TPSA) is 57.2 Å². The number of nitrogens with zero attached hydrogens (tertiary/aromatic N) is 3. The van der Waals surface area contributed by atoms with Crippen molar-refractivity contribution in [2.24, 2.45) is 4.99 Å². The lowest BCUT2D eigenvalue weighted by atomic mass is 9.98. The number of ether oxygens (including phenoxy) is 1. The van der Waals surface area contributed by atoms with Crippen LogP contribution in [0.15, 0.2) is 53.5 Å². The maximum Gasteiger partial charge on any atom is 0.222 e. The van der Waals surface area contributed by atoms with Gasteiger partial charge in [-0.3, -0.25) is 9.79 Å². The summed E-state index contributed by atoms with van der Waals surface area (Å²) in [6, 6.07) is 16.6. The van der Waals surface area contributed by atoms with Gasteiger partial charge >= 0.3 is 0 Å². The lowest BCUT2D eigenvalue weighted by Crippen LogP contribution is -2.44. The molecule has 2 aliphatic heterocycles. The number of rotatable bonds is 7. The van der Waals surface area contributed by atoms with Crippen molar-refractivity contribution in [1.82, 2.24) is 10.2 Å². The smallest absolute Gasteiger partial charge is 0.222 e. The molecule has 0 radical (unpaired) electrons. The Balaban J connectivity index is 1.39. The second-order valence-electron chi connectivity index (χ2n) is 8.76. The highest BCUT2D eigenvalue weighted by atomic mass is 16.5. The Morgan fingerprint density at radius 1 is 1.22 bits per heavy atom. The standard InChI is InChI=1S/C26H34N4O2/c1-19-9-4-7-12-24(19)32-20(2)17-28-26(27-3)30-18-21(22-10-5-6-11-23(22)30)14-16-29-15-8-13-25(29)31/h4-7,9-12,20-21H,8,13-18H2,1-3H3,(H,27,28). The van der Waals surface area contributed by atoms with Gasteiger partial charge in [-0.25, -0.2) is 0 Å². The first-order chi connectivity index (χ1) is 15.6. The van der Waals surface area contributed by atoms with Crippen LogP contribution in [0.4, 0.5) is 5.69 Å². The number of carbonyl (C=O) groups is 1. The zero-order valence-electron chi connectivity index (χ0n) is 19.4. The molecule has 2 aromatic rings. The first kappa shape index (κ1) is 22.2. The fourth-order valence-electron chi connectivity index (χ4n) is 4.67. The summed E-state index contributed by atoms with van der Waals surface area (Å²) in [5, 5.41) is 3.50. The van der Waals surface area contributed by atoms with E-state index < -0.39 is 0 Å². The molecule has 170 valence electrons. The van der Waals surface area contributed by atoms with Crippen LogP contribution in [0.25, 0.3) is 0 Å². The van der Waals surface area contributed by atoms with Crippen molar-refractivity contribution >= 4 is 17.6 Å². The summed E-state index contributed by atoms with van der Waals surface area (Å²) in [6.07, 6.45) is 2.67. The van der Waals surface area contributed by atoms with Gasteiger partial charge in [-0.15, -0.1) is 0 Å². The van der Waals surface area contributed by atoms with E-state index in [9.17, 15) is 4.79 Å². The van der Waals surface area contributed by atoms with E-state index in [4.69, 9.17) is 4.74 Å². The van der Waals surface area contributed by atoms with E-state index >= 15 is 0 Å². The molecule has 2 unspecified atom stereocenters. The van der Waals surface area contributed by atoms with Crippen LogP contribution in [-0.4, -0.2) is 56.1 Å². The molecule has 0 aliphatic carbocycles. The molecular formula is C26H34N4O2. The Bertz CT molecular complexity index is 974. The molecule has 2 atom stereocenters. The highest BCUT2D eigenvalue weighted by molar-refractivity contribution is 5.98. The summed E-state index contributed by atoms with van der Waals surface area (Å²) in [4.78, 5) is 20.9. The summed E-state index contributed by atoms with van der Waals surface area (Å²) in [7, 11) is 1.83. The molecule has 2 heterocycles. The number of guanidine groups is 1. The SMILES string of the molecule is CN=C(NCC(C)Oc1ccccc1C)N1CC(CCN2CCCC2=O)c2ccccc21. The molecule has 32 heavy (non-hydrogen) atoms. The summed E-state index contributed by atoms with van der Waals surface area (Å²) >= 11 is 0. The summed E-state index contributed by atoms with van der Waals surface area (Å²) < 4.78 is 6.13. The van der Waals surface area contributed by atoms with Crippen LogP contribution < -0.4 is 15.0 Å². The van der Waals surface area contributed by atoms with Crippen LogP contribution in [0.2, 0.25) is 0 Å². The largest absolute Gasteiger partial charge is 0.489 e. The monoisotopic (exact) mass is 434 g/mol. The second-order valence-corrected chi connectivity index (χ2v) is 8.76. The maximum atomic E-state index is 12.0. The van der Waals surface area contributed by atoms with Crippen molar-refractivity contribution in [3.63, 3.8) is 0 Å². The number of amides is 1. The molecule has 0 bridgehead atoms. The zero-order valence-corrected chi connectivity index (χ0v) is 19.4. The third-order valence-corrected chi connectivity index (χ3v) is 6.43. The molecule has 0 saturated carbocycles. The Labute approximate surface area is 191 Å². The summed E-state index contributed by atoms with van der Waals surface area (Å²) in [5.74, 6) is 2.46. The van der Waals surface area contributed by atoms with Crippen molar-refractivity contribution in [3.05, 3.63) is 59.7 Å². The molecule has 0 spiro atoms. The van der Waals surface area contributed by atoms with E-state index in [-0.39, 0.29) is 6.10 Å². The number of aryl methyl sites for hydroxylation is 1. The van der Waals surface area contributed by atoms with Gasteiger partial charge in [0.25, 0.3) is 0 Å². The molecule has 6 heteroatoms. The number of nitrogens with one attached hydrogen (secondary N) is 1. The summed E-state index contributed by atoms with van der Waals surface area (Å²) in [5.41, 5.74) is 3.67. The zero-order chi connectivity index (χ0) is 22.5. The van der Waals surface area contributed by atoms with Gasteiger partial charge in [0.2, 0.25) is 5.91 Å². The highest BCUT2D eigenvalue weighted by Crippen LogP contribution is 2.38. The van der Waals surface area contributed by atoms with Crippen LogP contribution in [-0.2, 0) is 4.79 Å². The van der Waals surface area contributed by atoms with Crippen molar-refractivity contribution in [2.75, 3.05) is 38.1 Å². The molecule has 6 nitrogen and oxygen atoms in total. The predicted molar refractivity (Wildman–Crippen MR) is 130 cm³/mol. The van der Waals surface area contributed by atoms with Crippen LogP contribution >= 0.6 is 0 Å². The fourth-order valence-corrected chi connectivity index (χ4v) is 4.67. The van der Waals surface area contributed by atoms with E-state index in [1.54, 1.807) is 0 Å². The number of hydrogen-bond acceptors (Lipinski definition) is 3. The van der Waals surface area contributed by atoms with E-state index in [1.165, 1.54) is 11.3 Å². The first-order valence-electron chi connectivity index (χ1n) is 11.6. The van der Waals surface area contributed by atoms with Crippen LogP contribution in [0, 0.1) is 6.92 Å². The average molecular weight is 435 g/mol. The van der Waals surface area contributed by atoms with Gasteiger partial charge in [0.1, 0.15) is 11.9 Å². The minimum absolute atomic E-state index is 0.00247. The Hall–Kier alpha value is -3.02. The number of para-hydroxylation sites is 2. The quantitative estimate of drug-likeness (QED) is 0.530. The fraction of sp³-hybridized carbons (Fsp3) is 0.462. The number of fused-ring (bicyclic) bond motifs is 1. The van der Waals surface area contributed by atoms with Gasteiger partial charge < -0.3 is 19.9 Å².